The van der Waals surface area contributed by atoms with Crippen LogP contribution >= 0.6 is 27.7 Å². The number of halogens is 1. The molecule has 0 aliphatic rings. The van der Waals surface area contributed by atoms with Crippen molar-refractivity contribution in [1.29, 1.82) is 0 Å². The third-order valence-electron chi connectivity index (χ3n) is 3.98. The second kappa shape index (κ2) is 9.03. The van der Waals surface area contributed by atoms with E-state index in [-0.39, 0.29) is 0 Å². The molecule has 2 aromatic carbocycles. The van der Waals surface area contributed by atoms with E-state index in [2.05, 4.69) is 47.8 Å². The zero-order valence-corrected chi connectivity index (χ0v) is 17.3. The smallest absolute Gasteiger partial charge is 0.196 e. The standard InChI is InChI=1S/C21H17BrN4OS/c22-17-6-8-19(9-7-17)27-14-15-28-21-25-24-20(16-10-12-23-13-11-16)26(21)18-4-2-1-3-5-18/h1-13H,14-15H2. The maximum absolute atomic E-state index is 5.81. The van der Waals surface area contributed by atoms with Crippen molar-refractivity contribution in [3.8, 4) is 22.8 Å². The van der Waals surface area contributed by atoms with Crippen LogP contribution in [0.15, 0.2) is 88.8 Å². The molecule has 0 aliphatic carbocycles. The molecule has 0 saturated heterocycles. The molecule has 4 aromatic rings. The lowest BCUT2D eigenvalue weighted by molar-refractivity contribution is 0.344. The lowest BCUT2D eigenvalue weighted by Gasteiger charge is -2.10. The van der Waals surface area contributed by atoms with Gasteiger partial charge in [-0.05, 0) is 48.5 Å². The van der Waals surface area contributed by atoms with Crippen LogP contribution in [0.1, 0.15) is 0 Å². The Kier molecular flexibility index (Phi) is 6.04. The summed E-state index contributed by atoms with van der Waals surface area (Å²) in [6, 6.07) is 21.8. The van der Waals surface area contributed by atoms with Gasteiger partial charge in [-0.2, -0.15) is 0 Å². The van der Waals surface area contributed by atoms with E-state index >= 15 is 0 Å². The zero-order chi connectivity index (χ0) is 19.2. The van der Waals surface area contributed by atoms with E-state index in [1.807, 2.05) is 54.6 Å². The van der Waals surface area contributed by atoms with Gasteiger partial charge < -0.3 is 4.74 Å². The number of thioether (sulfide) groups is 1. The molecule has 2 heterocycles. The Morgan fingerprint density at radius 2 is 1.64 bits per heavy atom. The number of rotatable bonds is 7. The van der Waals surface area contributed by atoms with Gasteiger partial charge in [-0.1, -0.05) is 45.9 Å². The highest BCUT2D eigenvalue weighted by Gasteiger charge is 2.15. The monoisotopic (exact) mass is 452 g/mol. The maximum Gasteiger partial charge on any atom is 0.196 e. The molecule has 0 atom stereocenters. The fraction of sp³-hybridized carbons (Fsp3) is 0.0952. The van der Waals surface area contributed by atoms with E-state index in [1.165, 1.54) is 0 Å². The Morgan fingerprint density at radius 1 is 0.893 bits per heavy atom. The van der Waals surface area contributed by atoms with Gasteiger partial charge in [-0.25, -0.2) is 0 Å². The van der Waals surface area contributed by atoms with Crippen molar-refractivity contribution in [1.82, 2.24) is 19.7 Å². The molecule has 0 saturated carbocycles. The Labute approximate surface area is 175 Å². The summed E-state index contributed by atoms with van der Waals surface area (Å²) in [6.07, 6.45) is 3.52. The number of hydrogen-bond donors (Lipinski definition) is 0. The molecular formula is C21H17BrN4OS. The number of nitrogens with zero attached hydrogens (tertiary/aromatic N) is 4. The maximum atomic E-state index is 5.81. The minimum Gasteiger partial charge on any atom is -0.493 e. The summed E-state index contributed by atoms with van der Waals surface area (Å²) in [6.45, 7) is 0.582. The quantitative estimate of drug-likeness (QED) is 0.282. The van der Waals surface area contributed by atoms with Gasteiger partial charge >= 0.3 is 0 Å². The molecule has 0 radical (unpaired) electrons. The van der Waals surface area contributed by atoms with E-state index < -0.39 is 0 Å². The van der Waals surface area contributed by atoms with Gasteiger partial charge in [-0.15, -0.1) is 10.2 Å². The molecule has 0 spiro atoms. The second-order valence-electron chi connectivity index (χ2n) is 5.86. The van der Waals surface area contributed by atoms with E-state index in [4.69, 9.17) is 4.74 Å². The van der Waals surface area contributed by atoms with Crippen molar-refractivity contribution < 1.29 is 4.74 Å². The molecule has 0 N–H and O–H groups in total. The van der Waals surface area contributed by atoms with Gasteiger partial charge in [0.1, 0.15) is 5.75 Å². The molecule has 140 valence electrons. The highest BCUT2D eigenvalue weighted by atomic mass is 79.9. The summed E-state index contributed by atoms with van der Waals surface area (Å²) in [5, 5.41) is 9.68. The van der Waals surface area contributed by atoms with Crippen LogP contribution in [0.2, 0.25) is 0 Å². The van der Waals surface area contributed by atoms with Gasteiger partial charge in [0.15, 0.2) is 11.0 Å². The number of aromatic nitrogens is 4. The largest absolute Gasteiger partial charge is 0.493 e. The number of para-hydroxylation sites is 1. The SMILES string of the molecule is Brc1ccc(OCCSc2nnc(-c3ccncc3)n2-c2ccccc2)cc1. The van der Waals surface area contributed by atoms with Crippen LogP contribution in [0.25, 0.3) is 17.1 Å². The topological polar surface area (TPSA) is 52.8 Å². The van der Waals surface area contributed by atoms with E-state index in [0.717, 1.165) is 38.2 Å². The van der Waals surface area contributed by atoms with Gasteiger partial charge in [0.05, 0.1) is 6.61 Å². The normalized spacial score (nSPS) is 10.8. The van der Waals surface area contributed by atoms with Crippen molar-refractivity contribution in [2.45, 2.75) is 5.16 Å². The molecule has 0 unspecified atom stereocenters. The van der Waals surface area contributed by atoms with Gasteiger partial charge in [0, 0.05) is 33.9 Å². The number of benzene rings is 2. The molecule has 0 amide bonds. The summed E-state index contributed by atoms with van der Waals surface area (Å²) in [7, 11) is 0. The molecule has 28 heavy (non-hydrogen) atoms. The van der Waals surface area contributed by atoms with Crippen LogP contribution < -0.4 is 4.74 Å². The molecule has 4 rings (SSSR count). The Balaban J connectivity index is 1.52. The lowest BCUT2D eigenvalue weighted by Crippen LogP contribution is -2.03. The van der Waals surface area contributed by atoms with Crippen LogP contribution in [0.5, 0.6) is 5.75 Å². The third kappa shape index (κ3) is 4.43. The van der Waals surface area contributed by atoms with Crippen molar-refractivity contribution >= 4 is 27.7 Å². The molecule has 0 fully saturated rings. The Morgan fingerprint density at radius 3 is 2.39 bits per heavy atom. The van der Waals surface area contributed by atoms with Crippen LogP contribution in [-0.2, 0) is 0 Å². The van der Waals surface area contributed by atoms with Crippen LogP contribution in [0.3, 0.4) is 0 Å². The first kappa shape index (κ1) is 18.7. The van der Waals surface area contributed by atoms with Crippen LogP contribution in [0, 0.1) is 0 Å². The van der Waals surface area contributed by atoms with E-state index in [1.54, 1.807) is 24.2 Å². The molecular weight excluding hydrogens is 436 g/mol. The van der Waals surface area contributed by atoms with E-state index in [9.17, 15) is 0 Å². The van der Waals surface area contributed by atoms with Gasteiger partial charge in [0.2, 0.25) is 0 Å². The minimum atomic E-state index is 0.582. The van der Waals surface area contributed by atoms with Gasteiger partial charge in [0.25, 0.3) is 0 Å². The first-order valence-electron chi connectivity index (χ1n) is 8.74. The summed E-state index contributed by atoms with van der Waals surface area (Å²) in [5.41, 5.74) is 2.00. The molecule has 2 aromatic heterocycles. The van der Waals surface area contributed by atoms with Gasteiger partial charge in [-0.3, -0.25) is 9.55 Å². The zero-order valence-electron chi connectivity index (χ0n) is 14.9. The predicted octanol–water partition coefficient (Wildman–Crippen LogP) is 5.26. The molecule has 5 nitrogen and oxygen atoms in total. The third-order valence-corrected chi connectivity index (χ3v) is 5.41. The Bertz CT molecular complexity index is 1020. The minimum absolute atomic E-state index is 0.582. The average Bonchev–Trinajstić information content (AvgIpc) is 3.18. The molecule has 7 heteroatoms. The van der Waals surface area contributed by atoms with E-state index in [0.29, 0.717) is 6.61 Å². The fourth-order valence-corrected chi connectivity index (χ4v) is 3.72. The lowest BCUT2D eigenvalue weighted by atomic mass is 10.2. The van der Waals surface area contributed by atoms with Crippen molar-refractivity contribution in [3.05, 3.63) is 83.6 Å². The highest BCUT2D eigenvalue weighted by Crippen LogP contribution is 2.27. The summed E-state index contributed by atoms with van der Waals surface area (Å²) >= 11 is 5.05. The summed E-state index contributed by atoms with van der Waals surface area (Å²) in [4.78, 5) is 4.09. The number of ether oxygens (including phenoxy) is 1. The predicted molar refractivity (Wildman–Crippen MR) is 115 cm³/mol. The van der Waals surface area contributed by atoms with Crippen molar-refractivity contribution in [2.75, 3.05) is 12.4 Å². The number of hydrogen-bond acceptors (Lipinski definition) is 5. The average molecular weight is 453 g/mol. The summed E-state index contributed by atoms with van der Waals surface area (Å²) in [5.74, 6) is 2.41. The highest BCUT2D eigenvalue weighted by molar-refractivity contribution is 9.10. The van der Waals surface area contributed by atoms with Crippen LogP contribution in [-0.4, -0.2) is 32.1 Å². The first-order chi connectivity index (χ1) is 13.8. The second-order valence-corrected chi connectivity index (χ2v) is 7.84. The number of pyridine rings is 1. The first-order valence-corrected chi connectivity index (χ1v) is 10.5. The Hall–Kier alpha value is -2.64. The van der Waals surface area contributed by atoms with Crippen molar-refractivity contribution in [2.24, 2.45) is 0 Å². The fourth-order valence-electron chi connectivity index (χ4n) is 2.68. The summed E-state index contributed by atoms with van der Waals surface area (Å²) < 4.78 is 8.92. The van der Waals surface area contributed by atoms with Crippen molar-refractivity contribution in [3.63, 3.8) is 0 Å². The molecule has 0 aliphatic heterocycles. The molecule has 0 bridgehead atoms. The van der Waals surface area contributed by atoms with Crippen LogP contribution in [0.4, 0.5) is 0 Å².